The van der Waals surface area contributed by atoms with Crippen molar-refractivity contribution >= 4 is 16.8 Å². The van der Waals surface area contributed by atoms with E-state index in [2.05, 4.69) is 23.5 Å². The fourth-order valence-electron chi connectivity index (χ4n) is 4.71. The molecule has 1 aliphatic heterocycles. The number of amides is 1. The number of hydrogen-bond acceptors (Lipinski definition) is 4. The standard InChI is InChI=1S/C27H22N2O3/c30-27(29-22-11-5-7-17-6-1-2-8-19(17)22)21-15-24(28-23-10-4-3-9-20(21)23)18-12-13-25-26(14-18)32-16-31-25/h1-4,6,8-10,12-15,22H,5,7,11,16H2,(H,29,30). The first-order valence-corrected chi connectivity index (χ1v) is 10.9. The van der Waals surface area contributed by atoms with E-state index in [0.29, 0.717) is 11.3 Å². The van der Waals surface area contributed by atoms with Crippen LogP contribution in [0.2, 0.25) is 0 Å². The molecule has 0 saturated carbocycles. The smallest absolute Gasteiger partial charge is 0.252 e. The van der Waals surface area contributed by atoms with Crippen molar-refractivity contribution < 1.29 is 14.3 Å². The van der Waals surface area contributed by atoms with Gasteiger partial charge in [-0.1, -0.05) is 42.5 Å². The molecule has 1 aliphatic carbocycles. The van der Waals surface area contributed by atoms with Gasteiger partial charge in [0.25, 0.3) is 5.91 Å². The van der Waals surface area contributed by atoms with E-state index >= 15 is 0 Å². The summed E-state index contributed by atoms with van der Waals surface area (Å²) in [6, 6.07) is 23.8. The van der Waals surface area contributed by atoms with Crippen LogP contribution in [0.4, 0.5) is 0 Å². The number of ether oxygens (including phenoxy) is 2. The fraction of sp³-hybridized carbons (Fsp3) is 0.185. The van der Waals surface area contributed by atoms with Gasteiger partial charge in [-0.05, 0) is 60.7 Å². The lowest BCUT2D eigenvalue weighted by Crippen LogP contribution is -2.31. The van der Waals surface area contributed by atoms with Crippen LogP contribution in [0.5, 0.6) is 11.5 Å². The fourth-order valence-corrected chi connectivity index (χ4v) is 4.71. The molecule has 4 aromatic rings. The number of rotatable bonds is 3. The minimum atomic E-state index is -0.0766. The van der Waals surface area contributed by atoms with Crippen LogP contribution in [0.1, 0.15) is 40.4 Å². The number of carbonyl (C=O) groups is 1. The number of pyridine rings is 1. The topological polar surface area (TPSA) is 60.5 Å². The minimum absolute atomic E-state index is 0.0216. The third-order valence-corrected chi connectivity index (χ3v) is 6.30. The lowest BCUT2D eigenvalue weighted by atomic mass is 9.87. The highest BCUT2D eigenvalue weighted by molar-refractivity contribution is 6.07. The maximum atomic E-state index is 13.5. The molecule has 5 heteroatoms. The van der Waals surface area contributed by atoms with Gasteiger partial charge in [0.2, 0.25) is 6.79 Å². The van der Waals surface area contributed by atoms with E-state index in [-0.39, 0.29) is 18.7 Å². The van der Waals surface area contributed by atoms with Crippen molar-refractivity contribution in [1.82, 2.24) is 10.3 Å². The van der Waals surface area contributed by atoms with Crippen molar-refractivity contribution in [3.05, 3.63) is 89.5 Å². The first kappa shape index (κ1) is 18.9. The Labute approximate surface area is 186 Å². The second-order valence-electron chi connectivity index (χ2n) is 8.26. The maximum Gasteiger partial charge on any atom is 0.252 e. The molecule has 0 spiro atoms. The van der Waals surface area contributed by atoms with Gasteiger partial charge >= 0.3 is 0 Å². The summed E-state index contributed by atoms with van der Waals surface area (Å²) < 4.78 is 11.0. The largest absolute Gasteiger partial charge is 0.454 e. The van der Waals surface area contributed by atoms with Crippen molar-refractivity contribution in [3.63, 3.8) is 0 Å². The Morgan fingerprint density at radius 2 is 1.78 bits per heavy atom. The van der Waals surface area contributed by atoms with Gasteiger partial charge in [-0.15, -0.1) is 0 Å². The molecule has 6 rings (SSSR count). The molecular weight excluding hydrogens is 400 g/mol. The Kier molecular flexibility index (Phi) is 4.53. The Morgan fingerprint density at radius 3 is 2.75 bits per heavy atom. The first-order valence-electron chi connectivity index (χ1n) is 10.9. The zero-order chi connectivity index (χ0) is 21.5. The summed E-state index contributed by atoms with van der Waals surface area (Å²) in [7, 11) is 0. The molecule has 3 aromatic carbocycles. The lowest BCUT2D eigenvalue weighted by Gasteiger charge is -2.26. The Morgan fingerprint density at radius 1 is 0.938 bits per heavy atom. The SMILES string of the molecule is O=C(NC1CCCc2ccccc21)c1cc(-c2ccc3c(c2)OCO3)nc2ccccc12. The number of nitrogens with one attached hydrogen (secondary N) is 1. The summed E-state index contributed by atoms with van der Waals surface area (Å²) in [6.45, 7) is 0.223. The van der Waals surface area contributed by atoms with E-state index in [1.807, 2.05) is 54.6 Å². The number of benzene rings is 3. The van der Waals surface area contributed by atoms with Crippen molar-refractivity contribution in [3.8, 4) is 22.8 Å². The molecule has 0 fully saturated rings. The molecule has 0 radical (unpaired) electrons. The highest BCUT2D eigenvalue weighted by Gasteiger charge is 2.23. The zero-order valence-corrected chi connectivity index (χ0v) is 17.5. The number of hydrogen-bond donors (Lipinski definition) is 1. The summed E-state index contributed by atoms with van der Waals surface area (Å²) in [5, 5.41) is 4.14. The third kappa shape index (κ3) is 3.26. The summed E-state index contributed by atoms with van der Waals surface area (Å²) in [5.41, 5.74) is 5.59. The van der Waals surface area contributed by atoms with E-state index in [0.717, 1.165) is 47.2 Å². The predicted octanol–water partition coefficient (Wildman–Crippen LogP) is 5.44. The molecule has 1 atom stereocenters. The second-order valence-corrected chi connectivity index (χ2v) is 8.26. The van der Waals surface area contributed by atoms with Gasteiger partial charge in [0.05, 0.1) is 22.8 Å². The van der Waals surface area contributed by atoms with Crippen LogP contribution in [-0.2, 0) is 6.42 Å². The van der Waals surface area contributed by atoms with Crippen molar-refractivity contribution in [2.75, 3.05) is 6.79 Å². The van der Waals surface area contributed by atoms with Gasteiger partial charge in [0.15, 0.2) is 11.5 Å². The molecule has 2 heterocycles. The van der Waals surface area contributed by atoms with Crippen LogP contribution in [0, 0.1) is 0 Å². The molecular formula is C27H22N2O3. The molecule has 32 heavy (non-hydrogen) atoms. The van der Waals surface area contributed by atoms with Crippen LogP contribution in [0.25, 0.3) is 22.2 Å². The third-order valence-electron chi connectivity index (χ3n) is 6.30. The van der Waals surface area contributed by atoms with Crippen molar-refractivity contribution in [2.24, 2.45) is 0 Å². The normalized spacial score (nSPS) is 16.6. The summed E-state index contributed by atoms with van der Waals surface area (Å²) >= 11 is 0. The van der Waals surface area contributed by atoms with Gasteiger partial charge in [0, 0.05) is 10.9 Å². The van der Waals surface area contributed by atoms with Crippen LogP contribution < -0.4 is 14.8 Å². The number of fused-ring (bicyclic) bond motifs is 3. The van der Waals surface area contributed by atoms with Crippen molar-refractivity contribution in [2.45, 2.75) is 25.3 Å². The number of nitrogens with zero attached hydrogens (tertiary/aromatic N) is 1. The van der Waals surface area contributed by atoms with E-state index in [1.165, 1.54) is 11.1 Å². The second kappa shape index (κ2) is 7.68. The Hall–Kier alpha value is -3.86. The van der Waals surface area contributed by atoms with Gasteiger partial charge in [-0.25, -0.2) is 4.98 Å². The number of carbonyl (C=O) groups excluding carboxylic acids is 1. The average molecular weight is 422 g/mol. The molecule has 0 saturated heterocycles. The quantitative estimate of drug-likeness (QED) is 0.478. The molecule has 1 amide bonds. The molecule has 0 bridgehead atoms. The van der Waals surface area contributed by atoms with Crippen LogP contribution in [-0.4, -0.2) is 17.7 Å². The maximum absolute atomic E-state index is 13.5. The predicted molar refractivity (Wildman–Crippen MR) is 123 cm³/mol. The van der Waals surface area contributed by atoms with E-state index < -0.39 is 0 Å². The lowest BCUT2D eigenvalue weighted by molar-refractivity contribution is 0.0934. The van der Waals surface area contributed by atoms with Gasteiger partial charge in [0.1, 0.15) is 0 Å². The average Bonchev–Trinajstić information content (AvgIpc) is 3.31. The summed E-state index contributed by atoms with van der Waals surface area (Å²) in [6.07, 6.45) is 3.08. The number of aromatic nitrogens is 1. The van der Waals surface area contributed by atoms with E-state index in [9.17, 15) is 4.79 Å². The Bertz CT molecular complexity index is 1350. The minimum Gasteiger partial charge on any atom is -0.454 e. The molecule has 1 N–H and O–H groups in total. The van der Waals surface area contributed by atoms with Gasteiger partial charge in [-0.3, -0.25) is 4.79 Å². The van der Waals surface area contributed by atoms with Crippen LogP contribution in [0.3, 0.4) is 0 Å². The zero-order valence-electron chi connectivity index (χ0n) is 17.5. The number of para-hydroxylation sites is 1. The van der Waals surface area contributed by atoms with Crippen LogP contribution in [0.15, 0.2) is 72.8 Å². The highest BCUT2D eigenvalue weighted by Crippen LogP contribution is 2.36. The van der Waals surface area contributed by atoms with Crippen molar-refractivity contribution in [1.29, 1.82) is 0 Å². The monoisotopic (exact) mass is 422 g/mol. The van der Waals surface area contributed by atoms with E-state index in [1.54, 1.807) is 0 Å². The molecule has 1 unspecified atom stereocenters. The molecule has 1 aromatic heterocycles. The van der Waals surface area contributed by atoms with Gasteiger partial charge in [-0.2, -0.15) is 0 Å². The molecule has 5 nitrogen and oxygen atoms in total. The van der Waals surface area contributed by atoms with E-state index in [4.69, 9.17) is 14.5 Å². The van der Waals surface area contributed by atoms with Crippen LogP contribution >= 0.6 is 0 Å². The van der Waals surface area contributed by atoms with Gasteiger partial charge < -0.3 is 14.8 Å². The Balaban J connectivity index is 1.40. The number of aryl methyl sites for hydroxylation is 1. The summed E-state index contributed by atoms with van der Waals surface area (Å²) in [4.78, 5) is 18.3. The molecule has 158 valence electrons. The molecule has 2 aliphatic rings. The summed E-state index contributed by atoms with van der Waals surface area (Å²) in [5.74, 6) is 1.35. The first-order chi connectivity index (χ1) is 15.8. The highest BCUT2D eigenvalue weighted by atomic mass is 16.7.